The molecule has 0 aliphatic heterocycles. The summed E-state index contributed by atoms with van der Waals surface area (Å²) >= 11 is 5.83. The molecule has 0 heterocycles. The zero-order valence-electron chi connectivity index (χ0n) is 12.8. The van der Waals surface area contributed by atoms with Gasteiger partial charge in [0.25, 0.3) is 0 Å². The van der Waals surface area contributed by atoms with Crippen LogP contribution in [0.15, 0.2) is 18.2 Å². The molecule has 0 saturated carbocycles. The fourth-order valence-corrected chi connectivity index (χ4v) is 2.19. The van der Waals surface area contributed by atoms with Crippen molar-refractivity contribution in [3.05, 3.63) is 29.3 Å². The molecule has 0 N–H and O–H groups in total. The highest BCUT2D eigenvalue weighted by molar-refractivity contribution is 6.17. The minimum Gasteiger partial charge on any atom is -0.380 e. The SMILES string of the molecule is CCOCCN(CCOCC)c1ccc(CCl)cc1C#N. The maximum absolute atomic E-state index is 9.35. The molecule has 1 aromatic carbocycles. The Morgan fingerprint density at radius 2 is 1.76 bits per heavy atom. The molecule has 1 rings (SSSR count). The molecule has 0 bridgehead atoms. The Labute approximate surface area is 132 Å². The van der Waals surface area contributed by atoms with Crippen molar-refractivity contribution in [2.24, 2.45) is 0 Å². The Bertz CT molecular complexity index is 450. The van der Waals surface area contributed by atoms with E-state index in [0.717, 1.165) is 24.3 Å². The van der Waals surface area contributed by atoms with Crippen molar-refractivity contribution in [3.8, 4) is 6.07 Å². The molecule has 0 spiro atoms. The second-order valence-corrected chi connectivity index (χ2v) is 4.75. The van der Waals surface area contributed by atoms with E-state index in [1.807, 2.05) is 32.0 Å². The zero-order valence-corrected chi connectivity index (χ0v) is 13.5. The average molecular weight is 311 g/mol. The topological polar surface area (TPSA) is 45.5 Å². The van der Waals surface area contributed by atoms with Crippen LogP contribution in [0.25, 0.3) is 0 Å². The maximum Gasteiger partial charge on any atom is 0.101 e. The van der Waals surface area contributed by atoms with Gasteiger partial charge < -0.3 is 14.4 Å². The van der Waals surface area contributed by atoms with E-state index in [4.69, 9.17) is 21.1 Å². The van der Waals surface area contributed by atoms with Crippen LogP contribution in [0.5, 0.6) is 0 Å². The number of hydrogen-bond donors (Lipinski definition) is 0. The molecule has 5 heteroatoms. The molecule has 0 amide bonds. The van der Waals surface area contributed by atoms with Gasteiger partial charge in [0.2, 0.25) is 0 Å². The average Bonchev–Trinajstić information content (AvgIpc) is 2.53. The molecular weight excluding hydrogens is 288 g/mol. The summed E-state index contributed by atoms with van der Waals surface area (Å²) in [7, 11) is 0. The second-order valence-electron chi connectivity index (χ2n) is 4.48. The molecule has 0 fully saturated rings. The lowest BCUT2D eigenvalue weighted by Crippen LogP contribution is -2.31. The smallest absolute Gasteiger partial charge is 0.101 e. The minimum absolute atomic E-state index is 0.410. The number of alkyl halides is 1. The third-order valence-electron chi connectivity index (χ3n) is 3.10. The monoisotopic (exact) mass is 310 g/mol. The number of benzene rings is 1. The van der Waals surface area contributed by atoms with Crippen LogP contribution in [0.3, 0.4) is 0 Å². The fraction of sp³-hybridized carbons (Fsp3) is 0.562. The van der Waals surface area contributed by atoms with Crippen molar-refractivity contribution in [2.75, 3.05) is 44.4 Å². The number of nitrogens with zero attached hydrogens (tertiary/aromatic N) is 2. The van der Waals surface area contributed by atoms with Crippen molar-refractivity contribution < 1.29 is 9.47 Å². The van der Waals surface area contributed by atoms with E-state index < -0.39 is 0 Å². The van der Waals surface area contributed by atoms with Crippen LogP contribution < -0.4 is 4.90 Å². The summed E-state index contributed by atoms with van der Waals surface area (Å²) in [5.41, 5.74) is 2.50. The van der Waals surface area contributed by atoms with Gasteiger partial charge in [0, 0.05) is 32.2 Å². The van der Waals surface area contributed by atoms with Gasteiger partial charge in [-0.2, -0.15) is 5.26 Å². The van der Waals surface area contributed by atoms with Crippen molar-refractivity contribution >= 4 is 17.3 Å². The third-order valence-corrected chi connectivity index (χ3v) is 3.40. The van der Waals surface area contributed by atoms with Crippen LogP contribution in [-0.2, 0) is 15.4 Å². The van der Waals surface area contributed by atoms with E-state index in [0.29, 0.717) is 37.9 Å². The van der Waals surface area contributed by atoms with Gasteiger partial charge in [-0.3, -0.25) is 0 Å². The predicted octanol–water partition coefficient (Wildman–Crippen LogP) is 3.18. The quantitative estimate of drug-likeness (QED) is 0.492. The molecule has 0 aliphatic rings. The van der Waals surface area contributed by atoms with Crippen molar-refractivity contribution in [2.45, 2.75) is 19.7 Å². The van der Waals surface area contributed by atoms with E-state index in [1.54, 1.807) is 0 Å². The first-order valence-electron chi connectivity index (χ1n) is 7.26. The standard InChI is InChI=1S/C16H23ClN2O2/c1-3-20-9-7-19(8-10-21-4-2)16-6-5-14(12-17)11-15(16)13-18/h5-6,11H,3-4,7-10,12H2,1-2H3. The Morgan fingerprint density at radius 3 is 2.24 bits per heavy atom. The van der Waals surface area contributed by atoms with Gasteiger partial charge in [0.05, 0.1) is 24.5 Å². The lowest BCUT2D eigenvalue weighted by molar-refractivity contribution is 0.141. The number of ether oxygens (including phenoxy) is 2. The fourth-order valence-electron chi connectivity index (χ4n) is 2.02. The van der Waals surface area contributed by atoms with Crippen molar-refractivity contribution in [3.63, 3.8) is 0 Å². The Kier molecular flexibility index (Phi) is 8.84. The molecular formula is C16H23ClN2O2. The molecule has 116 valence electrons. The van der Waals surface area contributed by atoms with Crippen LogP contribution in [0, 0.1) is 11.3 Å². The predicted molar refractivity (Wildman–Crippen MR) is 85.9 cm³/mol. The van der Waals surface area contributed by atoms with Gasteiger partial charge >= 0.3 is 0 Å². The lowest BCUT2D eigenvalue weighted by Gasteiger charge is -2.25. The summed E-state index contributed by atoms with van der Waals surface area (Å²) in [6.45, 7) is 8.05. The highest BCUT2D eigenvalue weighted by atomic mass is 35.5. The highest BCUT2D eigenvalue weighted by Gasteiger charge is 2.12. The summed E-state index contributed by atoms with van der Waals surface area (Å²) in [6.07, 6.45) is 0. The first-order valence-corrected chi connectivity index (χ1v) is 7.79. The minimum atomic E-state index is 0.410. The zero-order chi connectivity index (χ0) is 15.5. The Balaban J connectivity index is 2.87. The molecule has 0 aliphatic carbocycles. The van der Waals surface area contributed by atoms with E-state index in [2.05, 4.69) is 11.0 Å². The summed E-state index contributed by atoms with van der Waals surface area (Å²) in [6, 6.07) is 8.00. The number of hydrogen-bond acceptors (Lipinski definition) is 4. The van der Waals surface area contributed by atoms with Crippen molar-refractivity contribution in [1.29, 1.82) is 5.26 Å². The summed E-state index contributed by atoms with van der Waals surface area (Å²) in [5, 5.41) is 9.35. The summed E-state index contributed by atoms with van der Waals surface area (Å²) in [5.74, 6) is 0.410. The van der Waals surface area contributed by atoms with E-state index in [9.17, 15) is 5.26 Å². The summed E-state index contributed by atoms with van der Waals surface area (Å²) < 4.78 is 10.8. The molecule has 0 unspecified atom stereocenters. The van der Waals surface area contributed by atoms with Gasteiger partial charge in [-0.1, -0.05) is 6.07 Å². The Morgan fingerprint density at radius 1 is 1.14 bits per heavy atom. The molecule has 4 nitrogen and oxygen atoms in total. The van der Waals surface area contributed by atoms with E-state index in [1.165, 1.54) is 0 Å². The molecule has 0 atom stereocenters. The van der Waals surface area contributed by atoms with E-state index in [-0.39, 0.29) is 0 Å². The van der Waals surface area contributed by atoms with Gasteiger partial charge in [0.1, 0.15) is 6.07 Å². The molecule has 0 radical (unpaired) electrons. The third kappa shape index (κ3) is 5.92. The van der Waals surface area contributed by atoms with Crippen molar-refractivity contribution in [1.82, 2.24) is 0 Å². The van der Waals surface area contributed by atoms with Crippen LogP contribution in [0.2, 0.25) is 0 Å². The normalized spacial score (nSPS) is 10.4. The van der Waals surface area contributed by atoms with Gasteiger partial charge in [0.15, 0.2) is 0 Å². The number of halogens is 1. The van der Waals surface area contributed by atoms with Gasteiger partial charge in [-0.05, 0) is 31.5 Å². The second kappa shape index (κ2) is 10.4. The molecule has 1 aromatic rings. The maximum atomic E-state index is 9.35. The van der Waals surface area contributed by atoms with Gasteiger partial charge in [-0.15, -0.1) is 11.6 Å². The first-order chi connectivity index (χ1) is 10.3. The first kappa shape index (κ1) is 17.8. The number of nitriles is 1. The molecule has 21 heavy (non-hydrogen) atoms. The van der Waals surface area contributed by atoms with Gasteiger partial charge in [-0.25, -0.2) is 0 Å². The summed E-state index contributed by atoms with van der Waals surface area (Å²) in [4.78, 5) is 2.13. The van der Waals surface area contributed by atoms with Crippen LogP contribution in [-0.4, -0.2) is 39.5 Å². The van der Waals surface area contributed by atoms with Crippen LogP contribution in [0.1, 0.15) is 25.0 Å². The highest BCUT2D eigenvalue weighted by Crippen LogP contribution is 2.22. The van der Waals surface area contributed by atoms with Crippen LogP contribution >= 0.6 is 11.6 Å². The lowest BCUT2D eigenvalue weighted by atomic mass is 10.1. The number of anilines is 1. The number of rotatable bonds is 10. The molecule has 0 saturated heterocycles. The van der Waals surface area contributed by atoms with E-state index >= 15 is 0 Å². The molecule has 0 aromatic heterocycles. The largest absolute Gasteiger partial charge is 0.380 e. The van der Waals surface area contributed by atoms with Crippen LogP contribution in [0.4, 0.5) is 5.69 Å². The Hall–Kier alpha value is -1.28.